The van der Waals surface area contributed by atoms with Gasteiger partial charge in [0.15, 0.2) is 5.52 Å². The van der Waals surface area contributed by atoms with E-state index in [1.54, 1.807) is 4.68 Å². The Labute approximate surface area is 193 Å². The summed E-state index contributed by atoms with van der Waals surface area (Å²) in [4.78, 5) is 26.3. The summed E-state index contributed by atoms with van der Waals surface area (Å²) in [5.74, 6) is -0.211. The summed E-state index contributed by atoms with van der Waals surface area (Å²) in [6.07, 6.45) is 1.18. The van der Waals surface area contributed by atoms with E-state index in [2.05, 4.69) is 39.8 Å². The van der Waals surface area contributed by atoms with E-state index in [1.165, 1.54) is 10.2 Å². The van der Waals surface area contributed by atoms with Crippen LogP contribution in [0.3, 0.4) is 0 Å². The normalized spacial score (nSPS) is 12.1. The highest BCUT2D eigenvalue weighted by molar-refractivity contribution is 5.84. The first-order valence-corrected chi connectivity index (χ1v) is 11.3. The number of nitrogens with zero attached hydrogens (tertiary/aromatic N) is 4. The first kappa shape index (κ1) is 22.5. The second-order valence-corrected chi connectivity index (χ2v) is 8.34. The van der Waals surface area contributed by atoms with Crippen LogP contribution >= 0.6 is 0 Å². The van der Waals surface area contributed by atoms with Gasteiger partial charge in [-0.25, -0.2) is 9.36 Å². The number of nitrogens with one attached hydrogen (secondary N) is 1. The largest absolute Gasteiger partial charge is 0.354 e. The Morgan fingerprint density at radius 1 is 1.00 bits per heavy atom. The minimum Gasteiger partial charge on any atom is -0.354 e. The fourth-order valence-corrected chi connectivity index (χ4v) is 4.15. The topological polar surface area (TPSA) is 81.8 Å². The third kappa shape index (κ3) is 4.44. The molecule has 0 saturated carbocycles. The van der Waals surface area contributed by atoms with Gasteiger partial charge in [0, 0.05) is 6.54 Å². The molecular formula is C26H29N5O2. The van der Waals surface area contributed by atoms with Crippen molar-refractivity contribution in [1.82, 2.24) is 24.9 Å². The number of amides is 1. The smallest absolute Gasteiger partial charge is 0.295 e. The minimum atomic E-state index is -0.694. The van der Waals surface area contributed by atoms with E-state index in [9.17, 15) is 9.59 Å². The van der Waals surface area contributed by atoms with Crippen LogP contribution < -0.4 is 10.9 Å². The summed E-state index contributed by atoms with van der Waals surface area (Å²) in [6.45, 7) is 8.20. The number of carbonyl (C=O) groups excluding carboxylic acids is 1. The highest BCUT2D eigenvalue weighted by Gasteiger charge is 2.25. The molecule has 1 N–H and O–H groups in total. The fourth-order valence-electron chi connectivity index (χ4n) is 4.15. The molecule has 0 bridgehead atoms. The Morgan fingerprint density at radius 2 is 1.70 bits per heavy atom. The summed E-state index contributed by atoms with van der Waals surface area (Å²) in [6, 6.07) is 17.2. The van der Waals surface area contributed by atoms with Crippen LogP contribution in [-0.4, -0.2) is 32.0 Å². The van der Waals surface area contributed by atoms with E-state index in [0.717, 1.165) is 28.8 Å². The van der Waals surface area contributed by atoms with Gasteiger partial charge in [-0.15, -0.1) is 0 Å². The van der Waals surface area contributed by atoms with Crippen molar-refractivity contribution < 1.29 is 4.79 Å². The lowest BCUT2D eigenvalue weighted by molar-refractivity contribution is -0.124. The molecule has 33 heavy (non-hydrogen) atoms. The first-order chi connectivity index (χ1) is 15.9. The van der Waals surface area contributed by atoms with E-state index < -0.39 is 6.04 Å². The molecule has 170 valence electrons. The fraction of sp³-hybridized carbons (Fsp3) is 0.308. The van der Waals surface area contributed by atoms with Crippen molar-refractivity contribution in [3.05, 3.63) is 87.5 Å². The SMILES string of the molecule is CC[C@@H](C(=O)NCCc1ccc(C)cc1)n1nc(C)c2c(C)n(-c3ccccc3)nc2c1=O. The van der Waals surface area contributed by atoms with E-state index in [1.807, 2.05) is 58.0 Å². The van der Waals surface area contributed by atoms with Gasteiger partial charge in [-0.1, -0.05) is 55.0 Å². The second kappa shape index (κ2) is 9.40. The summed E-state index contributed by atoms with van der Waals surface area (Å²) >= 11 is 0. The lowest BCUT2D eigenvalue weighted by Gasteiger charge is -2.17. The van der Waals surface area contributed by atoms with E-state index >= 15 is 0 Å². The maximum absolute atomic E-state index is 13.4. The molecule has 2 aromatic carbocycles. The Balaban J connectivity index is 1.61. The van der Waals surface area contributed by atoms with Crippen molar-refractivity contribution in [2.75, 3.05) is 6.54 Å². The third-order valence-electron chi connectivity index (χ3n) is 5.97. The van der Waals surface area contributed by atoms with Crippen LogP contribution in [0.5, 0.6) is 0 Å². The standard InChI is InChI=1S/C26H29N5O2/c1-5-22(25(32)27-16-15-20-13-11-17(2)12-14-20)31-26(33)24-23(18(3)28-31)19(4)30(29-24)21-9-7-6-8-10-21/h6-14,22H,5,15-16H2,1-4H3,(H,27,32)/t22-/m0/s1. The molecule has 1 atom stereocenters. The van der Waals surface area contributed by atoms with Crippen LogP contribution in [0.2, 0.25) is 0 Å². The van der Waals surface area contributed by atoms with Crippen LogP contribution in [0.25, 0.3) is 16.6 Å². The Kier molecular flexibility index (Phi) is 6.40. The molecule has 0 aliphatic carbocycles. The van der Waals surface area contributed by atoms with Crippen LogP contribution in [0.15, 0.2) is 59.4 Å². The zero-order valence-electron chi connectivity index (χ0n) is 19.5. The molecular weight excluding hydrogens is 414 g/mol. The van der Waals surface area contributed by atoms with Crippen LogP contribution in [-0.2, 0) is 11.2 Å². The van der Waals surface area contributed by atoms with Gasteiger partial charge in [0.1, 0.15) is 6.04 Å². The van der Waals surface area contributed by atoms with E-state index in [4.69, 9.17) is 0 Å². The molecule has 0 unspecified atom stereocenters. The molecule has 4 aromatic rings. The summed E-state index contributed by atoms with van der Waals surface area (Å²) in [7, 11) is 0. The maximum atomic E-state index is 13.4. The number of benzene rings is 2. The minimum absolute atomic E-state index is 0.211. The van der Waals surface area contributed by atoms with Gasteiger partial charge >= 0.3 is 0 Å². The first-order valence-electron chi connectivity index (χ1n) is 11.3. The Morgan fingerprint density at radius 3 is 2.36 bits per heavy atom. The van der Waals surface area contributed by atoms with E-state index in [-0.39, 0.29) is 11.5 Å². The molecule has 7 heteroatoms. The quantitative estimate of drug-likeness (QED) is 0.471. The zero-order chi connectivity index (χ0) is 23.5. The van der Waals surface area contributed by atoms with Crippen molar-refractivity contribution >= 4 is 16.8 Å². The lowest BCUT2D eigenvalue weighted by atomic mass is 10.1. The monoisotopic (exact) mass is 443 g/mol. The lowest BCUT2D eigenvalue weighted by Crippen LogP contribution is -2.39. The van der Waals surface area contributed by atoms with Crippen LogP contribution in [0, 0.1) is 20.8 Å². The molecule has 1 amide bonds. The zero-order valence-corrected chi connectivity index (χ0v) is 19.5. The highest BCUT2D eigenvalue weighted by Crippen LogP contribution is 2.22. The number of aromatic nitrogens is 4. The van der Waals surface area contributed by atoms with Crippen LogP contribution in [0.4, 0.5) is 0 Å². The molecule has 0 aliphatic rings. The van der Waals surface area contributed by atoms with Gasteiger partial charge in [0.2, 0.25) is 5.91 Å². The summed E-state index contributed by atoms with van der Waals surface area (Å²) in [5.41, 5.74) is 4.73. The molecule has 2 aromatic heterocycles. The van der Waals surface area contributed by atoms with Crippen LogP contribution in [0.1, 0.15) is 41.9 Å². The van der Waals surface area contributed by atoms with Crippen molar-refractivity contribution in [3.8, 4) is 5.69 Å². The van der Waals surface area contributed by atoms with Crippen molar-refractivity contribution in [2.24, 2.45) is 0 Å². The van der Waals surface area contributed by atoms with Gasteiger partial charge in [0.25, 0.3) is 5.56 Å². The maximum Gasteiger partial charge on any atom is 0.295 e. The molecule has 0 aliphatic heterocycles. The van der Waals surface area contributed by atoms with Gasteiger partial charge in [-0.2, -0.15) is 10.2 Å². The Bertz CT molecular complexity index is 1340. The van der Waals surface area contributed by atoms with Crippen molar-refractivity contribution in [2.45, 2.75) is 46.6 Å². The second-order valence-electron chi connectivity index (χ2n) is 8.34. The number of rotatable bonds is 7. The van der Waals surface area contributed by atoms with Gasteiger partial charge in [-0.05, 0) is 51.3 Å². The number of para-hydroxylation sites is 1. The predicted octanol–water partition coefficient (Wildman–Crippen LogP) is 3.82. The molecule has 2 heterocycles. The predicted molar refractivity (Wildman–Crippen MR) is 130 cm³/mol. The van der Waals surface area contributed by atoms with Gasteiger partial charge < -0.3 is 5.32 Å². The molecule has 4 rings (SSSR count). The van der Waals surface area contributed by atoms with Gasteiger partial charge in [-0.3, -0.25) is 9.59 Å². The average molecular weight is 444 g/mol. The number of fused-ring (bicyclic) bond motifs is 1. The third-order valence-corrected chi connectivity index (χ3v) is 5.97. The number of carbonyl (C=O) groups is 1. The van der Waals surface area contributed by atoms with Crippen molar-refractivity contribution in [3.63, 3.8) is 0 Å². The van der Waals surface area contributed by atoms with Gasteiger partial charge in [0.05, 0.1) is 22.5 Å². The molecule has 0 radical (unpaired) electrons. The van der Waals surface area contributed by atoms with E-state index in [0.29, 0.717) is 24.2 Å². The van der Waals surface area contributed by atoms with Crippen molar-refractivity contribution in [1.29, 1.82) is 0 Å². The average Bonchev–Trinajstić information content (AvgIpc) is 3.17. The summed E-state index contributed by atoms with van der Waals surface area (Å²) < 4.78 is 3.05. The number of hydrogen-bond donors (Lipinski definition) is 1. The summed E-state index contributed by atoms with van der Waals surface area (Å²) in [5, 5.41) is 12.8. The molecule has 7 nitrogen and oxygen atoms in total. The number of aryl methyl sites for hydroxylation is 3. The highest BCUT2D eigenvalue weighted by atomic mass is 16.2. The molecule has 0 saturated heterocycles. The number of hydrogen-bond acceptors (Lipinski definition) is 4. The Hall–Kier alpha value is -3.74. The molecule has 0 spiro atoms. The molecule has 0 fully saturated rings.